The molecule has 0 saturated heterocycles. The molecule has 0 amide bonds. The van der Waals surface area contributed by atoms with E-state index in [0.717, 1.165) is 35.5 Å². The largest absolute Gasteiger partial charge is 0.367 e. The Balaban J connectivity index is 2.05. The van der Waals surface area contributed by atoms with E-state index in [9.17, 15) is 5.26 Å². The number of hydrogen-bond acceptors (Lipinski definition) is 3. The molecule has 0 atom stereocenters. The van der Waals surface area contributed by atoms with Crippen LogP contribution < -0.4 is 0 Å². The van der Waals surface area contributed by atoms with Gasteiger partial charge in [-0.15, -0.1) is 11.3 Å². The molecule has 17 heavy (non-hydrogen) atoms. The van der Waals surface area contributed by atoms with Gasteiger partial charge in [0.1, 0.15) is 10.4 Å². The van der Waals surface area contributed by atoms with Gasteiger partial charge in [-0.2, -0.15) is 5.26 Å². The van der Waals surface area contributed by atoms with Crippen LogP contribution in [0.25, 0.3) is 11.3 Å². The standard InChI is InChI=1S/C13H13N3S/c1-9-11(10-3-6-15-7-10)16-12(17-9)13(8-14)4-2-5-13/h3,6-7,15H,2,4-5H2,1H3. The van der Waals surface area contributed by atoms with Crippen LogP contribution in [-0.4, -0.2) is 9.97 Å². The molecule has 2 aromatic rings. The zero-order valence-electron chi connectivity index (χ0n) is 9.66. The second-order valence-electron chi connectivity index (χ2n) is 4.57. The fourth-order valence-electron chi connectivity index (χ4n) is 2.24. The van der Waals surface area contributed by atoms with Crippen LogP contribution in [0.5, 0.6) is 0 Å². The Kier molecular flexibility index (Phi) is 2.30. The third-order valence-corrected chi connectivity index (χ3v) is 4.67. The van der Waals surface area contributed by atoms with Crippen LogP contribution in [-0.2, 0) is 5.41 Å². The van der Waals surface area contributed by atoms with Crippen LogP contribution in [0, 0.1) is 18.3 Å². The van der Waals surface area contributed by atoms with E-state index >= 15 is 0 Å². The number of nitrogens with one attached hydrogen (secondary N) is 1. The Hall–Kier alpha value is -1.60. The van der Waals surface area contributed by atoms with Crippen LogP contribution in [0.15, 0.2) is 18.5 Å². The highest BCUT2D eigenvalue weighted by Crippen LogP contribution is 2.46. The smallest absolute Gasteiger partial charge is 0.114 e. The van der Waals surface area contributed by atoms with E-state index in [4.69, 9.17) is 4.98 Å². The number of hydrogen-bond donors (Lipinski definition) is 1. The average Bonchev–Trinajstić information content (AvgIpc) is 2.86. The number of H-pyrrole nitrogens is 1. The number of rotatable bonds is 2. The van der Waals surface area contributed by atoms with Gasteiger partial charge in [-0.25, -0.2) is 4.98 Å². The molecule has 0 radical (unpaired) electrons. The lowest BCUT2D eigenvalue weighted by molar-refractivity contribution is 0.323. The van der Waals surface area contributed by atoms with E-state index in [2.05, 4.69) is 18.0 Å². The Morgan fingerprint density at radius 2 is 2.35 bits per heavy atom. The summed E-state index contributed by atoms with van der Waals surface area (Å²) in [7, 11) is 0. The Bertz CT molecular complexity index is 570. The summed E-state index contributed by atoms with van der Waals surface area (Å²) < 4.78 is 0. The predicted molar refractivity (Wildman–Crippen MR) is 67.8 cm³/mol. The molecule has 3 rings (SSSR count). The Labute approximate surface area is 104 Å². The second kappa shape index (κ2) is 3.71. The zero-order valence-corrected chi connectivity index (χ0v) is 10.5. The lowest BCUT2D eigenvalue weighted by atomic mass is 9.70. The minimum atomic E-state index is -0.288. The van der Waals surface area contributed by atoms with E-state index < -0.39 is 0 Å². The number of nitrogens with zero attached hydrogens (tertiary/aromatic N) is 2. The number of nitriles is 1. The maximum Gasteiger partial charge on any atom is 0.114 e. The van der Waals surface area contributed by atoms with Crippen LogP contribution in [0.1, 0.15) is 29.1 Å². The molecule has 1 aliphatic carbocycles. The lowest BCUT2D eigenvalue weighted by Gasteiger charge is -2.32. The number of thiazole rings is 1. The minimum absolute atomic E-state index is 0.288. The van der Waals surface area contributed by atoms with Gasteiger partial charge in [0, 0.05) is 22.8 Å². The maximum atomic E-state index is 9.33. The highest BCUT2D eigenvalue weighted by Gasteiger charge is 2.42. The molecule has 1 fully saturated rings. The molecule has 0 aliphatic heterocycles. The van der Waals surface area contributed by atoms with Crippen molar-refractivity contribution in [2.24, 2.45) is 0 Å². The monoisotopic (exact) mass is 243 g/mol. The minimum Gasteiger partial charge on any atom is -0.367 e. The van der Waals surface area contributed by atoms with Crippen molar-refractivity contribution in [1.29, 1.82) is 5.26 Å². The van der Waals surface area contributed by atoms with Crippen molar-refractivity contribution >= 4 is 11.3 Å². The molecular formula is C13H13N3S. The summed E-state index contributed by atoms with van der Waals surface area (Å²) in [6.07, 6.45) is 6.92. The molecule has 1 N–H and O–H groups in total. The molecule has 0 unspecified atom stereocenters. The molecule has 2 aromatic heterocycles. The van der Waals surface area contributed by atoms with E-state index in [0.29, 0.717) is 0 Å². The van der Waals surface area contributed by atoms with Crippen LogP contribution in [0.4, 0.5) is 0 Å². The number of aryl methyl sites for hydroxylation is 1. The van der Waals surface area contributed by atoms with Crippen LogP contribution in [0.2, 0.25) is 0 Å². The lowest BCUT2D eigenvalue weighted by Crippen LogP contribution is -2.32. The van der Waals surface area contributed by atoms with Crippen molar-refractivity contribution in [2.75, 3.05) is 0 Å². The number of aromatic nitrogens is 2. The van der Waals surface area contributed by atoms with Crippen molar-refractivity contribution in [2.45, 2.75) is 31.6 Å². The summed E-state index contributed by atoms with van der Waals surface area (Å²) >= 11 is 1.67. The van der Waals surface area contributed by atoms with Crippen molar-refractivity contribution < 1.29 is 0 Å². The zero-order chi connectivity index (χ0) is 11.9. The SMILES string of the molecule is Cc1sc(C2(C#N)CCC2)nc1-c1cc[nH]c1. The van der Waals surface area contributed by atoms with Gasteiger partial charge in [-0.1, -0.05) is 0 Å². The van der Waals surface area contributed by atoms with E-state index in [1.54, 1.807) is 11.3 Å². The van der Waals surface area contributed by atoms with Gasteiger partial charge in [0.2, 0.25) is 0 Å². The van der Waals surface area contributed by atoms with Crippen molar-refractivity contribution in [3.63, 3.8) is 0 Å². The van der Waals surface area contributed by atoms with Gasteiger partial charge in [0.15, 0.2) is 0 Å². The maximum absolute atomic E-state index is 9.33. The first kappa shape index (κ1) is 10.5. The van der Waals surface area contributed by atoms with E-state index in [1.165, 1.54) is 4.88 Å². The number of aromatic amines is 1. The van der Waals surface area contributed by atoms with Gasteiger partial charge < -0.3 is 4.98 Å². The van der Waals surface area contributed by atoms with Gasteiger partial charge in [0.25, 0.3) is 0 Å². The average molecular weight is 243 g/mol. The van der Waals surface area contributed by atoms with E-state index in [-0.39, 0.29) is 5.41 Å². The van der Waals surface area contributed by atoms with Crippen molar-refractivity contribution in [1.82, 2.24) is 9.97 Å². The molecule has 2 heterocycles. The van der Waals surface area contributed by atoms with Crippen molar-refractivity contribution in [3.05, 3.63) is 28.3 Å². The molecule has 1 saturated carbocycles. The molecule has 0 spiro atoms. The summed E-state index contributed by atoms with van der Waals surface area (Å²) in [5.74, 6) is 0. The highest BCUT2D eigenvalue weighted by atomic mass is 32.1. The molecule has 86 valence electrons. The first-order valence-corrected chi connectivity index (χ1v) is 6.59. The summed E-state index contributed by atoms with van der Waals surface area (Å²) in [6, 6.07) is 4.48. The quantitative estimate of drug-likeness (QED) is 0.879. The summed E-state index contributed by atoms with van der Waals surface area (Å²) in [5.41, 5.74) is 1.84. The first-order valence-electron chi connectivity index (χ1n) is 5.77. The molecule has 4 heteroatoms. The predicted octanol–water partition coefficient (Wildman–Crippen LogP) is 3.39. The van der Waals surface area contributed by atoms with Crippen LogP contribution >= 0.6 is 11.3 Å². The molecular weight excluding hydrogens is 230 g/mol. The van der Waals surface area contributed by atoms with E-state index in [1.807, 2.05) is 18.5 Å². The fraction of sp³-hybridized carbons (Fsp3) is 0.385. The second-order valence-corrected chi connectivity index (χ2v) is 5.77. The molecule has 0 aromatic carbocycles. The first-order chi connectivity index (χ1) is 8.25. The van der Waals surface area contributed by atoms with Gasteiger partial charge in [-0.05, 0) is 32.3 Å². The third kappa shape index (κ3) is 1.50. The Morgan fingerprint density at radius 3 is 2.88 bits per heavy atom. The summed E-state index contributed by atoms with van der Waals surface area (Å²) in [5, 5.41) is 10.3. The highest BCUT2D eigenvalue weighted by molar-refractivity contribution is 7.12. The van der Waals surface area contributed by atoms with Gasteiger partial charge >= 0.3 is 0 Å². The van der Waals surface area contributed by atoms with Crippen LogP contribution in [0.3, 0.4) is 0 Å². The molecule has 0 bridgehead atoms. The summed E-state index contributed by atoms with van der Waals surface area (Å²) in [6.45, 7) is 2.08. The molecule has 3 nitrogen and oxygen atoms in total. The third-order valence-electron chi connectivity index (χ3n) is 3.50. The normalized spacial score (nSPS) is 17.4. The fourth-order valence-corrected chi connectivity index (χ4v) is 3.38. The Morgan fingerprint density at radius 1 is 1.53 bits per heavy atom. The van der Waals surface area contributed by atoms with Gasteiger partial charge in [0.05, 0.1) is 11.8 Å². The van der Waals surface area contributed by atoms with Gasteiger partial charge in [-0.3, -0.25) is 0 Å². The summed E-state index contributed by atoms with van der Waals surface area (Å²) in [4.78, 5) is 8.93. The topological polar surface area (TPSA) is 52.5 Å². The molecule has 1 aliphatic rings. The van der Waals surface area contributed by atoms with Crippen molar-refractivity contribution in [3.8, 4) is 17.3 Å².